The first kappa shape index (κ1) is 23.7. The summed E-state index contributed by atoms with van der Waals surface area (Å²) in [6.45, 7) is 5.31. The SMILES string of the molecule is CC(C)c1cc2c(cnn2-c2ccc(F)cc2)cc1C1(Cc2ccccc2)CCN(S(C)(=O)=O)C1. The lowest BCUT2D eigenvalue weighted by atomic mass is 9.71. The molecule has 0 aliphatic carbocycles. The summed E-state index contributed by atoms with van der Waals surface area (Å²) < 4.78 is 42.0. The van der Waals surface area contributed by atoms with Crippen molar-refractivity contribution >= 4 is 20.9 Å². The molecule has 1 aliphatic heterocycles. The van der Waals surface area contributed by atoms with Crippen molar-refractivity contribution in [1.29, 1.82) is 0 Å². The predicted molar refractivity (Wildman–Crippen MR) is 138 cm³/mol. The maximum atomic E-state index is 13.5. The monoisotopic (exact) mass is 491 g/mol. The number of sulfonamides is 1. The van der Waals surface area contributed by atoms with E-state index in [0.29, 0.717) is 13.1 Å². The van der Waals surface area contributed by atoms with Gasteiger partial charge in [0.1, 0.15) is 5.82 Å². The van der Waals surface area contributed by atoms with Crippen LogP contribution in [0.4, 0.5) is 4.39 Å². The van der Waals surface area contributed by atoms with Crippen LogP contribution in [0.2, 0.25) is 0 Å². The van der Waals surface area contributed by atoms with Crippen LogP contribution in [0.1, 0.15) is 42.9 Å². The number of benzene rings is 3. The van der Waals surface area contributed by atoms with Crippen molar-refractivity contribution in [3.8, 4) is 5.69 Å². The topological polar surface area (TPSA) is 55.2 Å². The molecule has 4 aromatic rings. The highest BCUT2D eigenvalue weighted by molar-refractivity contribution is 7.88. The van der Waals surface area contributed by atoms with Crippen LogP contribution in [-0.2, 0) is 21.9 Å². The van der Waals surface area contributed by atoms with Crippen molar-refractivity contribution in [3.05, 3.63) is 95.4 Å². The Labute approximate surface area is 206 Å². The van der Waals surface area contributed by atoms with Gasteiger partial charge < -0.3 is 0 Å². The van der Waals surface area contributed by atoms with Crippen molar-refractivity contribution in [2.24, 2.45) is 0 Å². The highest BCUT2D eigenvalue weighted by atomic mass is 32.2. The normalized spacial score (nSPS) is 19.1. The average Bonchev–Trinajstić information content (AvgIpc) is 3.44. The lowest BCUT2D eigenvalue weighted by Gasteiger charge is -2.33. The van der Waals surface area contributed by atoms with Gasteiger partial charge in [0, 0.05) is 23.9 Å². The first-order valence-electron chi connectivity index (χ1n) is 11.9. The van der Waals surface area contributed by atoms with Crippen molar-refractivity contribution in [1.82, 2.24) is 14.1 Å². The smallest absolute Gasteiger partial charge is 0.211 e. The summed E-state index contributed by atoms with van der Waals surface area (Å²) in [5.74, 6) is -0.0548. The van der Waals surface area contributed by atoms with Gasteiger partial charge in [-0.25, -0.2) is 21.8 Å². The summed E-state index contributed by atoms with van der Waals surface area (Å²) in [7, 11) is -3.30. The first-order chi connectivity index (χ1) is 16.7. The Morgan fingerprint density at radius 3 is 2.40 bits per heavy atom. The molecular formula is C28H30FN3O2S. The van der Waals surface area contributed by atoms with E-state index in [-0.39, 0.29) is 17.2 Å². The van der Waals surface area contributed by atoms with Crippen LogP contribution < -0.4 is 0 Å². The molecule has 3 aromatic carbocycles. The zero-order chi connectivity index (χ0) is 24.8. The minimum absolute atomic E-state index is 0.228. The Balaban J connectivity index is 1.68. The molecule has 1 aromatic heterocycles. The maximum absolute atomic E-state index is 13.5. The largest absolute Gasteiger partial charge is 0.233 e. The van der Waals surface area contributed by atoms with Crippen LogP contribution in [0.5, 0.6) is 0 Å². The molecule has 5 nitrogen and oxygen atoms in total. The van der Waals surface area contributed by atoms with Crippen LogP contribution in [0, 0.1) is 5.82 Å². The van der Waals surface area contributed by atoms with Crippen molar-refractivity contribution < 1.29 is 12.8 Å². The molecular weight excluding hydrogens is 461 g/mol. The van der Waals surface area contributed by atoms with E-state index < -0.39 is 10.0 Å². The first-order valence-corrected chi connectivity index (χ1v) is 13.8. The van der Waals surface area contributed by atoms with E-state index in [1.165, 1.54) is 35.1 Å². The highest BCUT2D eigenvalue weighted by Crippen LogP contribution is 2.43. The molecule has 2 heterocycles. The van der Waals surface area contributed by atoms with Crippen LogP contribution in [0.15, 0.2) is 72.9 Å². The standard InChI is InChI=1S/C28H30FN3O2S/c1-20(2)25-16-27-22(18-30-32(27)24-11-9-23(29)10-12-24)15-26(25)28(17-21-7-5-4-6-8-21)13-14-31(19-28)35(3,33)34/h4-12,15-16,18,20H,13-14,17,19H2,1-3H3. The maximum Gasteiger partial charge on any atom is 0.211 e. The molecule has 0 N–H and O–H groups in total. The molecule has 182 valence electrons. The third kappa shape index (κ3) is 4.50. The molecule has 0 saturated carbocycles. The second kappa shape index (κ2) is 8.88. The molecule has 1 unspecified atom stereocenters. The molecule has 5 rings (SSSR count). The van der Waals surface area contributed by atoms with Crippen LogP contribution in [0.3, 0.4) is 0 Å². The average molecular weight is 492 g/mol. The van der Waals surface area contributed by atoms with Crippen LogP contribution >= 0.6 is 0 Å². The molecule has 1 aliphatic rings. The minimum Gasteiger partial charge on any atom is -0.233 e. The summed E-state index contributed by atoms with van der Waals surface area (Å²) in [5.41, 5.74) is 4.99. The molecule has 1 saturated heterocycles. The Morgan fingerprint density at radius 1 is 1.06 bits per heavy atom. The molecule has 0 spiro atoms. The van der Waals surface area contributed by atoms with E-state index >= 15 is 0 Å². The van der Waals surface area contributed by atoms with Crippen molar-refractivity contribution in [3.63, 3.8) is 0 Å². The van der Waals surface area contributed by atoms with Crippen LogP contribution in [-0.4, -0.2) is 41.8 Å². The second-order valence-corrected chi connectivity index (χ2v) is 12.0. The molecule has 0 amide bonds. The number of nitrogens with zero attached hydrogens (tertiary/aromatic N) is 3. The second-order valence-electron chi connectivity index (χ2n) is 9.98. The Hall–Kier alpha value is -3.03. The van der Waals surface area contributed by atoms with Gasteiger partial charge in [-0.15, -0.1) is 0 Å². The minimum atomic E-state index is -3.30. The third-order valence-electron chi connectivity index (χ3n) is 7.18. The summed E-state index contributed by atoms with van der Waals surface area (Å²) in [6.07, 6.45) is 4.65. The Morgan fingerprint density at radius 2 is 1.77 bits per heavy atom. The van der Waals surface area contributed by atoms with E-state index in [4.69, 9.17) is 0 Å². The number of hydrogen-bond acceptors (Lipinski definition) is 3. The summed E-state index contributed by atoms with van der Waals surface area (Å²) in [5, 5.41) is 5.60. The zero-order valence-electron chi connectivity index (χ0n) is 20.3. The van der Waals surface area contributed by atoms with Gasteiger partial charge in [-0.2, -0.15) is 5.10 Å². The van der Waals surface area contributed by atoms with Crippen molar-refractivity contribution in [2.45, 2.75) is 38.0 Å². The third-order valence-corrected chi connectivity index (χ3v) is 8.43. The number of fused-ring (bicyclic) bond motifs is 1. The molecule has 0 bridgehead atoms. The Kier molecular flexibility index (Phi) is 6.01. The quantitative estimate of drug-likeness (QED) is 0.361. The number of aromatic nitrogens is 2. The lowest BCUT2D eigenvalue weighted by molar-refractivity contribution is 0.414. The molecule has 1 atom stereocenters. The van der Waals surface area contributed by atoms with Gasteiger partial charge in [0.05, 0.1) is 23.7 Å². The summed E-state index contributed by atoms with van der Waals surface area (Å²) in [6, 6.07) is 21.0. The van der Waals surface area contributed by atoms with Crippen molar-refractivity contribution in [2.75, 3.05) is 19.3 Å². The summed E-state index contributed by atoms with van der Waals surface area (Å²) >= 11 is 0. The van der Waals surface area contributed by atoms with Gasteiger partial charge in [-0.3, -0.25) is 0 Å². The molecule has 35 heavy (non-hydrogen) atoms. The molecule has 7 heteroatoms. The van der Waals surface area contributed by atoms with E-state index in [1.807, 2.05) is 29.1 Å². The fourth-order valence-electron chi connectivity index (χ4n) is 5.38. The molecule has 1 fully saturated rings. The van der Waals surface area contributed by atoms with Gasteiger partial charge in [-0.05, 0) is 71.8 Å². The summed E-state index contributed by atoms with van der Waals surface area (Å²) in [4.78, 5) is 0. The fraction of sp³-hybridized carbons (Fsp3) is 0.321. The predicted octanol–water partition coefficient (Wildman–Crippen LogP) is 5.43. The van der Waals surface area contributed by atoms with E-state index in [9.17, 15) is 12.8 Å². The Bertz CT molecular complexity index is 1460. The highest BCUT2D eigenvalue weighted by Gasteiger charge is 2.44. The van der Waals surface area contributed by atoms with Gasteiger partial charge in [0.2, 0.25) is 10.0 Å². The van der Waals surface area contributed by atoms with Gasteiger partial charge in [0.25, 0.3) is 0 Å². The number of hydrogen-bond donors (Lipinski definition) is 0. The zero-order valence-corrected chi connectivity index (χ0v) is 21.1. The van der Waals surface area contributed by atoms with Crippen LogP contribution in [0.25, 0.3) is 16.6 Å². The number of halogens is 1. The lowest BCUT2D eigenvalue weighted by Crippen LogP contribution is -2.36. The molecule has 0 radical (unpaired) electrons. The van der Waals surface area contributed by atoms with Gasteiger partial charge in [0.15, 0.2) is 0 Å². The fourth-order valence-corrected chi connectivity index (χ4v) is 6.28. The van der Waals surface area contributed by atoms with Gasteiger partial charge >= 0.3 is 0 Å². The van der Waals surface area contributed by atoms with E-state index in [1.54, 1.807) is 16.4 Å². The van der Waals surface area contributed by atoms with E-state index in [2.05, 4.69) is 43.2 Å². The number of rotatable bonds is 6. The van der Waals surface area contributed by atoms with Gasteiger partial charge in [-0.1, -0.05) is 44.2 Å². The van der Waals surface area contributed by atoms with E-state index in [0.717, 1.165) is 29.4 Å².